The van der Waals surface area contributed by atoms with Crippen molar-refractivity contribution in [1.29, 1.82) is 0 Å². The van der Waals surface area contributed by atoms with Crippen LogP contribution in [0.2, 0.25) is 0 Å². The van der Waals surface area contributed by atoms with E-state index in [-0.39, 0.29) is 6.71 Å². The van der Waals surface area contributed by atoms with Gasteiger partial charge in [-0.1, -0.05) is 133 Å². The maximum absolute atomic E-state index is 7.02. The van der Waals surface area contributed by atoms with Crippen molar-refractivity contribution < 1.29 is 4.74 Å². The minimum atomic E-state index is -0.0136. The number of hydrogen-bond acceptors (Lipinski definition) is 3. The first-order valence-electron chi connectivity index (χ1n) is 18.2. The van der Waals surface area contributed by atoms with E-state index in [0.29, 0.717) is 0 Å². The third-order valence-electron chi connectivity index (χ3n) is 10.5. The van der Waals surface area contributed by atoms with Gasteiger partial charge in [0.15, 0.2) is 0 Å². The molecule has 0 radical (unpaired) electrons. The highest BCUT2D eigenvalue weighted by molar-refractivity contribution is 6.99. The second kappa shape index (κ2) is 12.8. The predicted molar refractivity (Wildman–Crippen MR) is 223 cm³/mol. The van der Waals surface area contributed by atoms with Crippen molar-refractivity contribution in [3.63, 3.8) is 0 Å². The van der Waals surface area contributed by atoms with E-state index in [1.807, 2.05) is 0 Å². The van der Waals surface area contributed by atoms with Crippen molar-refractivity contribution in [1.82, 2.24) is 0 Å². The van der Waals surface area contributed by atoms with Gasteiger partial charge in [-0.05, 0) is 100 Å². The molecular weight excluding hydrogens is 643 g/mol. The first-order chi connectivity index (χ1) is 26.2. The van der Waals surface area contributed by atoms with Crippen molar-refractivity contribution >= 4 is 57.2 Å². The van der Waals surface area contributed by atoms with E-state index in [9.17, 15) is 0 Å². The molecule has 0 amide bonds. The molecule has 2 heterocycles. The zero-order valence-electron chi connectivity index (χ0n) is 29.4. The summed E-state index contributed by atoms with van der Waals surface area (Å²) in [4.78, 5) is 4.77. The number of hydrogen-bond donors (Lipinski definition) is 0. The van der Waals surface area contributed by atoms with Gasteiger partial charge in [0.25, 0.3) is 6.71 Å². The molecule has 250 valence electrons. The lowest BCUT2D eigenvalue weighted by Gasteiger charge is -2.41. The number of rotatable bonds is 6. The lowest BCUT2D eigenvalue weighted by Crippen LogP contribution is -2.59. The summed E-state index contributed by atoms with van der Waals surface area (Å²) >= 11 is 0. The molecule has 53 heavy (non-hydrogen) atoms. The molecule has 0 saturated heterocycles. The number of nitrogens with zero attached hydrogens (tertiary/aromatic N) is 2. The Morgan fingerprint density at radius 1 is 0.434 bits per heavy atom. The van der Waals surface area contributed by atoms with E-state index in [1.54, 1.807) is 0 Å². The van der Waals surface area contributed by atoms with Crippen LogP contribution in [0.25, 0.3) is 22.3 Å². The van der Waals surface area contributed by atoms with Crippen LogP contribution in [0.15, 0.2) is 194 Å². The summed E-state index contributed by atoms with van der Waals surface area (Å²) in [6, 6.07) is 69.6. The zero-order valence-corrected chi connectivity index (χ0v) is 29.4. The molecule has 0 saturated carbocycles. The molecule has 2 aliphatic heterocycles. The van der Waals surface area contributed by atoms with Crippen LogP contribution in [-0.2, 0) is 0 Å². The summed E-state index contributed by atoms with van der Waals surface area (Å²) in [5.74, 6) is 1.78. The van der Waals surface area contributed by atoms with Crippen molar-refractivity contribution in [2.45, 2.75) is 6.92 Å². The van der Waals surface area contributed by atoms with Gasteiger partial charge < -0.3 is 14.5 Å². The molecule has 4 heteroatoms. The Hall–Kier alpha value is -6.78. The summed E-state index contributed by atoms with van der Waals surface area (Å²) in [6.07, 6.45) is 0. The first kappa shape index (κ1) is 31.0. The Morgan fingerprint density at radius 2 is 1.04 bits per heavy atom. The molecule has 2 aliphatic rings. The number of benzene rings is 8. The third-order valence-corrected chi connectivity index (χ3v) is 10.5. The molecule has 8 aromatic carbocycles. The van der Waals surface area contributed by atoms with E-state index < -0.39 is 0 Å². The van der Waals surface area contributed by atoms with E-state index in [2.05, 4.69) is 211 Å². The van der Waals surface area contributed by atoms with Gasteiger partial charge in [0, 0.05) is 40.1 Å². The smallest absolute Gasteiger partial charge is 0.256 e. The fourth-order valence-electron chi connectivity index (χ4n) is 8.20. The minimum Gasteiger partial charge on any atom is -0.458 e. The van der Waals surface area contributed by atoms with Crippen LogP contribution in [0.3, 0.4) is 0 Å². The van der Waals surface area contributed by atoms with Crippen molar-refractivity contribution in [3.05, 3.63) is 200 Å². The van der Waals surface area contributed by atoms with Crippen molar-refractivity contribution in [3.8, 4) is 33.8 Å². The van der Waals surface area contributed by atoms with E-state index in [4.69, 9.17) is 4.74 Å². The monoisotopic (exact) mass is 678 g/mol. The molecule has 0 fully saturated rings. The zero-order chi connectivity index (χ0) is 35.3. The topological polar surface area (TPSA) is 15.7 Å². The predicted octanol–water partition coefficient (Wildman–Crippen LogP) is 11.2. The normalized spacial score (nSPS) is 12.3. The second-order valence-corrected chi connectivity index (χ2v) is 13.8. The summed E-state index contributed by atoms with van der Waals surface area (Å²) in [5, 5.41) is 0. The molecule has 0 N–H and O–H groups in total. The van der Waals surface area contributed by atoms with Crippen molar-refractivity contribution in [2.24, 2.45) is 0 Å². The molecule has 8 aromatic rings. The molecule has 10 rings (SSSR count). The van der Waals surface area contributed by atoms with Crippen LogP contribution >= 0.6 is 0 Å². The summed E-state index contributed by atoms with van der Waals surface area (Å²) in [5.41, 5.74) is 16.2. The summed E-state index contributed by atoms with van der Waals surface area (Å²) in [6.45, 7) is 2.16. The quantitative estimate of drug-likeness (QED) is 0.163. The molecule has 0 bridgehead atoms. The van der Waals surface area contributed by atoms with E-state index in [0.717, 1.165) is 51.0 Å². The van der Waals surface area contributed by atoms with Crippen molar-refractivity contribution in [2.75, 3.05) is 9.80 Å². The standard InChI is InChI=1S/C49H35BN2O/c1-34-30-46-49-48(31-34)53-47-33-40(51(38-20-10-4-11-21-38)39-22-12-5-13-23-39)27-29-43(47)50(49)42-28-26-37(35-16-6-2-7-17-35)32-45(42)52(46)44-25-15-14-24-41(44)36-18-8-3-9-19-36/h2-33H,1H3. The number of para-hydroxylation sites is 3. The third kappa shape index (κ3) is 5.30. The fraction of sp³-hybridized carbons (Fsp3) is 0.0204. The lowest BCUT2D eigenvalue weighted by molar-refractivity contribution is 0.487. The number of anilines is 6. The Morgan fingerprint density at radius 3 is 1.74 bits per heavy atom. The SMILES string of the molecule is Cc1cc2c3c(c1)N(c1ccccc1-c1ccccc1)c1cc(-c4ccccc4)ccc1B3c1ccc(N(c3ccccc3)c3ccccc3)cc1O2. The maximum Gasteiger partial charge on any atom is 0.256 e. The fourth-order valence-corrected chi connectivity index (χ4v) is 8.20. The van der Waals surface area contributed by atoms with Crippen LogP contribution in [0.4, 0.5) is 34.1 Å². The molecule has 0 spiro atoms. The molecular formula is C49H35BN2O. The number of fused-ring (bicyclic) bond motifs is 4. The van der Waals surface area contributed by atoms with Gasteiger partial charge in [-0.3, -0.25) is 0 Å². The Kier molecular flexibility index (Phi) is 7.47. The average molecular weight is 679 g/mol. The molecule has 3 nitrogen and oxygen atoms in total. The van der Waals surface area contributed by atoms with E-state index in [1.165, 1.54) is 38.9 Å². The van der Waals surface area contributed by atoms with Crippen LogP contribution < -0.4 is 30.9 Å². The lowest BCUT2D eigenvalue weighted by atomic mass is 9.34. The van der Waals surface area contributed by atoms with Gasteiger partial charge >= 0.3 is 0 Å². The minimum absolute atomic E-state index is 0.0136. The molecule has 0 aliphatic carbocycles. The summed E-state index contributed by atoms with van der Waals surface area (Å²) < 4.78 is 7.02. The number of aryl methyl sites for hydroxylation is 1. The van der Waals surface area contributed by atoms with Crippen LogP contribution in [0.1, 0.15) is 5.56 Å². The van der Waals surface area contributed by atoms with Crippen LogP contribution in [-0.4, -0.2) is 6.71 Å². The highest BCUT2D eigenvalue weighted by Gasteiger charge is 2.42. The molecule has 0 atom stereocenters. The summed E-state index contributed by atoms with van der Waals surface area (Å²) in [7, 11) is 0. The Balaban J connectivity index is 1.20. The highest BCUT2D eigenvalue weighted by Crippen LogP contribution is 2.46. The van der Waals surface area contributed by atoms with E-state index >= 15 is 0 Å². The van der Waals surface area contributed by atoms with Crippen LogP contribution in [0.5, 0.6) is 11.5 Å². The largest absolute Gasteiger partial charge is 0.458 e. The molecule has 0 unspecified atom stereocenters. The van der Waals surface area contributed by atoms with Gasteiger partial charge in [0.2, 0.25) is 0 Å². The van der Waals surface area contributed by atoms with Crippen LogP contribution in [0, 0.1) is 6.92 Å². The maximum atomic E-state index is 7.02. The Labute approximate surface area is 311 Å². The highest BCUT2D eigenvalue weighted by atomic mass is 16.5. The Bertz CT molecular complexity index is 2570. The van der Waals surface area contributed by atoms with Gasteiger partial charge in [-0.15, -0.1) is 0 Å². The van der Waals surface area contributed by atoms with Gasteiger partial charge in [-0.25, -0.2) is 0 Å². The second-order valence-electron chi connectivity index (χ2n) is 13.8. The first-order valence-corrected chi connectivity index (χ1v) is 18.2. The van der Waals surface area contributed by atoms with Gasteiger partial charge in [-0.2, -0.15) is 0 Å². The molecule has 0 aromatic heterocycles. The van der Waals surface area contributed by atoms with Gasteiger partial charge in [0.05, 0.1) is 5.69 Å². The number of ether oxygens (including phenoxy) is 1. The average Bonchev–Trinajstić information content (AvgIpc) is 3.22. The van der Waals surface area contributed by atoms with Gasteiger partial charge in [0.1, 0.15) is 11.5 Å².